The number of nitrogens with zero attached hydrogens (tertiary/aromatic N) is 1. The molecule has 0 atom stereocenters. The topological polar surface area (TPSA) is 68.0 Å². The fourth-order valence-corrected chi connectivity index (χ4v) is 2.04. The first kappa shape index (κ1) is 10.6. The van der Waals surface area contributed by atoms with Crippen molar-refractivity contribution in [3.8, 4) is 11.3 Å². The SMILES string of the molecule is NC(=O)NCc1nc(-c2ccccc2)cs1. The molecular weight excluding hydrogens is 222 g/mol. The van der Waals surface area contributed by atoms with Gasteiger partial charge in [0.1, 0.15) is 5.01 Å². The molecule has 82 valence electrons. The predicted molar refractivity (Wildman–Crippen MR) is 64.0 cm³/mol. The van der Waals surface area contributed by atoms with E-state index in [-0.39, 0.29) is 0 Å². The first-order valence-electron chi connectivity index (χ1n) is 4.79. The minimum Gasteiger partial charge on any atom is -0.352 e. The van der Waals surface area contributed by atoms with E-state index < -0.39 is 6.03 Å². The highest BCUT2D eigenvalue weighted by atomic mass is 32.1. The number of primary amides is 1. The van der Waals surface area contributed by atoms with E-state index in [2.05, 4.69) is 10.3 Å². The molecule has 0 aliphatic heterocycles. The predicted octanol–water partition coefficient (Wildman–Crippen LogP) is 1.98. The molecule has 0 aliphatic carbocycles. The Morgan fingerprint density at radius 3 is 2.81 bits per heavy atom. The molecule has 0 saturated carbocycles. The molecule has 0 saturated heterocycles. The highest BCUT2D eigenvalue weighted by molar-refractivity contribution is 7.09. The van der Waals surface area contributed by atoms with Gasteiger partial charge in [-0.05, 0) is 0 Å². The molecule has 2 amide bonds. The van der Waals surface area contributed by atoms with Crippen molar-refractivity contribution in [1.29, 1.82) is 0 Å². The normalized spacial score (nSPS) is 10.0. The monoisotopic (exact) mass is 233 g/mol. The van der Waals surface area contributed by atoms with Gasteiger partial charge in [-0.3, -0.25) is 0 Å². The number of hydrogen-bond donors (Lipinski definition) is 2. The van der Waals surface area contributed by atoms with Gasteiger partial charge in [-0.15, -0.1) is 11.3 Å². The number of carbonyl (C=O) groups is 1. The molecule has 3 N–H and O–H groups in total. The van der Waals surface area contributed by atoms with E-state index in [4.69, 9.17) is 5.73 Å². The summed E-state index contributed by atoms with van der Waals surface area (Å²) in [4.78, 5) is 14.9. The van der Waals surface area contributed by atoms with Gasteiger partial charge in [0, 0.05) is 10.9 Å². The van der Waals surface area contributed by atoms with Crippen molar-refractivity contribution in [2.45, 2.75) is 6.54 Å². The lowest BCUT2D eigenvalue weighted by Crippen LogP contribution is -2.28. The molecule has 0 spiro atoms. The smallest absolute Gasteiger partial charge is 0.312 e. The second kappa shape index (κ2) is 4.76. The number of carbonyl (C=O) groups excluding carboxylic acids is 1. The molecule has 0 bridgehead atoms. The van der Waals surface area contributed by atoms with Gasteiger partial charge >= 0.3 is 6.03 Å². The average Bonchev–Trinajstić information content (AvgIpc) is 2.76. The van der Waals surface area contributed by atoms with Crippen LogP contribution in [0.4, 0.5) is 4.79 Å². The van der Waals surface area contributed by atoms with E-state index in [0.29, 0.717) is 6.54 Å². The van der Waals surface area contributed by atoms with Crippen LogP contribution in [0.3, 0.4) is 0 Å². The third-order valence-corrected chi connectivity index (χ3v) is 2.88. The summed E-state index contributed by atoms with van der Waals surface area (Å²) in [6.45, 7) is 0.382. The number of aromatic nitrogens is 1. The quantitative estimate of drug-likeness (QED) is 0.851. The number of rotatable bonds is 3. The second-order valence-corrected chi connectivity index (χ2v) is 4.15. The Bertz CT molecular complexity index is 481. The van der Waals surface area contributed by atoms with Crippen LogP contribution < -0.4 is 11.1 Å². The minimum atomic E-state index is -0.531. The summed E-state index contributed by atoms with van der Waals surface area (Å²) in [5.74, 6) is 0. The maximum Gasteiger partial charge on any atom is 0.312 e. The summed E-state index contributed by atoms with van der Waals surface area (Å²) in [5, 5.41) is 5.32. The average molecular weight is 233 g/mol. The zero-order chi connectivity index (χ0) is 11.4. The number of urea groups is 1. The fraction of sp³-hybridized carbons (Fsp3) is 0.0909. The summed E-state index contributed by atoms with van der Waals surface area (Å²) in [6.07, 6.45) is 0. The summed E-state index contributed by atoms with van der Waals surface area (Å²) in [5.41, 5.74) is 6.98. The number of nitrogens with one attached hydrogen (secondary N) is 1. The van der Waals surface area contributed by atoms with Gasteiger partial charge < -0.3 is 11.1 Å². The van der Waals surface area contributed by atoms with E-state index in [9.17, 15) is 4.79 Å². The summed E-state index contributed by atoms with van der Waals surface area (Å²) in [6, 6.07) is 9.37. The van der Waals surface area contributed by atoms with Crippen LogP contribution in [0.2, 0.25) is 0 Å². The number of nitrogens with two attached hydrogens (primary N) is 1. The third-order valence-electron chi connectivity index (χ3n) is 2.04. The summed E-state index contributed by atoms with van der Waals surface area (Å²) >= 11 is 1.50. The Labute approximate surface area is 97.1 Å². The van der Waals surface area contributed by atoms with Crippen molar-refractivity contribution >= 4 is 17.4 Å². The Hall–Kier alpha value is -1.88. The van der Waals surface area contributed by atoms with Gasteiger partial charge in [-0.1, -0.05) is 30.3 Å². The third kappa shape index (κ3) is 2.58. The van der Waals surface area contributed by atoms with Gasteiger partial charge in [0.15, 0.2) is 0 Å². The van der Waals surface area contributed by atoms with E-state index in [1.165, 1.54) is 11.3 Å². The van der Waals surface area contributed by atoms with Crippen molar-refractivity contribution in [2.24, 2.45) is 5.73 Å². The lowest BCUT2D eigenvalue weighted by Gasteiger charge is -1.97. The van der Waals surface area contributed by atoms with Crippen molar-refractivity contribution < 1.29 is 4.79 Å². The highest BCUT2D eigenvalue weighted by Crippen LogP contribution is 2.21. The molecule has 0 fully saturated rings. The first-order chi connectivity index (χ1) is 7.75. The molecule has 1 heterocycles. The van der Waals surface area contributed by atoms with Crippen LogP contribution >= 0.6 is 11.3 Å². The van der Waals surface area contributed by atoms with Crippen molar-refractivity contribution in [1.82, 2.24) is 10.3 Å². The lowest BCUT2D eigenvalue weighted by atomic mass is 10.2. The van der Waals surface area contributed by atoms with Gasteiger partial charge in [0.25, 0.3) is 0 Å². The van der Waals surface area contributed by atoms with Crippen molar-refractivity contribution in [2.75, 3.05) is 0 Å². The van der Waals surface area contributed by atoms with E-state index >= 15 is 0 Å². The van der Waals surface area contributed by atoms with Crippen LogP contribution in [-0.4, -0.2) is 11.0 Å². The van der Waals surface area contributed by atoms with Crippen LogP contribution in [0.1, 0.15) is 5.01 Å². The number of hydrogen-bond acceptors (Lipinski definition) is 3. The zero-order valence-corrected chi connectivity index (χ0v) is 9.33. The molecule has 4 nitrogen and oxygen atoms in total. The second-order valence-electron chi connectivity index (χ2n) is 3.21. The van der Waals surface area contributed by atoms with Gasteiger partial charge in [-0.2, -0.15) is 0 Å². The Balaban J connectivity index is 2.11. The molecule has 1 aromatic carbocycles. The highest BCUT2D eigenvalue weighted by Gasteiger charge is 2.04. The lowest BCUT2D eigenvalue weighted by molar-refractivity contribution is 0.248. The Kier molecular flexibility index (Phi) is 3.16. The minimum absolute atomic E-state index is 0.382. The van der Waals surface area contributed by atoms with E-state index in [1.807, 2.05) is 35.7 Å². The van der Waals surface area contributed by atoms with Gasteiger partial charge in [0.2, 0.25) is 0 Å². The summed E-state index contributed by atoms with van der Waals surface area (Å²) in [7, 11) is 0. The maximum absolute atomic E-state index is 10.5. The fourth-order valence-electron chi connectivity index (χ4n) is 1.30. The van der Waals surface area contributed by atoms with E-state index in [1.54, 1.807) is 0 Å². The number of amides is 2. The van der Waals surface area contributed by atoms with Crippen molar-refractivity contribution in [3.05, 3.63) is 40.7 Å². The van der Waals surface area contributed by atoms with Crippen LogP contribution in [0.15, 0.2) is 35.7 Å². The zero-order valence-electron chi connectivity index (χ0n) is 8.51. The van der Waals surface area contributed by atoms with Crippen LogP contribution in [0, 0.1) is 0 Å². The molecule has 0 aliphatic rings. The molecule has 5 heteroatoms. The van der Waals surface area contributed by atoms with Gasteiger partial charge in [-0.25, -0.2) is 9.78 Å². The molecule has 1 aromatic heterocycles. The number of thiazole rings is 1. The first-order valence-corrected chi connectivity index (χ1v) is 5.67. The van der Waals surface area contributed by atoms with Gasteiger partial charge in [0.05, 0.1) is 12.2 Å². The molecule has 0 unspecified atom stereocenters. The molecular formula is C11H11N3OS. The van der Waals surface area contributed by atoms with Crippen molar-refractivity contribution in [3.63, 3.8) is 0 Å². The largest absolute Gasteiger partial charge is 0.352 e. The molecule has 0 radical (unpaired) electrons. The Morgan fingerprint density at radius 2 is 2.12 bits per heavy atom. The van der Waals surface area contributed by atoms with Crippen LogP contribution in [-0.2, 0) is 6.54 Å². The maximum atomic E-state index is 10.5. The standard InChI is InChI=1S/C11H11N3OS/c12-11(15)13-6-10-14-9(7-16-10)8-4-2-1-3-5-8/h1-5,7H,6H2,(H3,12,13,15). The van der Waals surface area contributed by atoms with E-state index in [0.717, 1.165) is 16.3 Å². The van der Waals surface area contributed by atoms with Crippen LogP contribution in [0.5, 0.6) is 0 Å². The molecule has 2 rings (SSSR count). The Morgan fingerprint density at radius 1 is 1.38 bits per heavy atom. The number of benzene rings is 1. The molecule has 16 heavy (non-hydrogen) atoms. The van der Waals surface area contributed by atoms with Crippen LogP contribution in [0.25, 0.3) is 11.3 Å². The molecule has 2 aromatic rings. The summed E-state index contributed by atoms with van der Waals surface area (Å²) < 4.78 is 0.